The molecule has 0 aliphatic carbocycles. The van der Waals surface area contributed by atoms with Crippen LogP contribution in [0.1, 0.15) is 20.8 Å². The molecule has 0 rings (SSSR count). The highest BCUT2D eigenvalue weighted by Gasteiger charge is 2.33. The van der Waals surface area contributed by atoms with E-state index in [1.807, 2.05) is 0 Å². The van der Waals surface area contributed by atoms with E-state index in [-0.39, 0.29) is 6.61 Å². The molecule has 0 bridgehead atoms. The molecular formula is C7H11FO3. The van der Waals surface area contributed by atoms with Gasteiger partial charge in [0.15, 0.2) is 5.67 Å². The lowest BCUT2D eigenvalue weighted by Gasteiger charge is -2.10. The average Bonchev–Trinajstić information content (AvgIpc) is 1.85. The van der Waals surface area contributed by atoms with Crippen molar-refractivity contribution in [3.8, 4) is 0 Å². The zero-order chi connectivity index (χ0) is 9.07. The highest BCUT2D eigenvalue weighted by Crippen LogP contribution is 2.10. The molecule has 0 aromatic heterocycles. The summed E-state index contributed by atoms with van der Waals surface area (Å²) in [4.78, 5) is 21.3. The molecule has 0 saturated heterocycles. The number of Topliss-reactive ketones (excluding diaryl/α,β-unsaturated/α-hetero) is 1. The lowest BCUT2D eigenvalue weighted by atomic mass is 10.1. The zero-order valence-corrected chi connectivity index (χ0v) is 6.81. The molecule has 0 spiro atoms. The summed E-state index contributed by atoms with van der Waals surface area (Å²) >= 11 is 0. The van der Waals surface area contributed by atoms with Crippen molar-refractivity contribution in [3.05, 3.63) is 0 Å². The molecule has 0 fully saturated rings. The molecule has 4 heteroatoms. The van der Waals surface area contributed by atoms with E-state index in [4.69, 9.17) is 0 Å². The van der Waals surface area contributed by atoms with Gasteiger partial charge < -0.3 is 4.74 Å². The van der Waals surface area contributed by atoms with Gasteiger partial charge in [-0.15, -0.1) is 0 Å². The molecule has 0 aliphatic heterocycles. The Morgan fingerprint density at radius 1 is 1.45 bits per heavy atom. The van der Waals surface area contributed by atoms with Crippen molar-refractivity contribution < 1.29 is 18.7 Å². The van der Waals surface area contributed by atoms with Crippen molar-refractivity contribution in [1.29, 1.82) is 0 Å². The number of carbonyl (C=O) groups is 2. The van der Waals surface area contributed by atoms with Crippen LogP contribution in [0.3, 0.4) is 0 Å². The molecule has 0 N–H and O–H groups in total. The van der Waals surface area contributed by atoms with Crippen LogP contribution < -0.4 is 0 Å². The second kappa shape index (κ2) is 3.46. The van der Waals surface area contributed by atoms with Gasteiger partial charge in [0.1, 0.15) is 0 Å². The molecule has 0 heterocycles. The molecule has 0 saturated carbocycles. The zero-order valence-electron chi connectivity index (χ0n) is 6.81. The topological polar surface area (TPSA) is 43.4 Å². The smallest absolute Gasteiger partial charge is 0.378 e. The predicted molar refractivity (Wildman–Crippen MR) is 36.8 cm³/mol. The maximum Gasteiger partial charge on any atom is 0.378 e. The minimum atomic E-state index is -2.13. The lowest BCUT2D eigenvalue weighted by molar-refractivity contribution is -0.158. The SMILES string of the molecule is CCOC(=O)C(=O)C(C)(C)F. The summed E-state index contributed by atoms with van der Waals surface area (Å²) in [7, 11) is 0. The van der Waals surface area contributed by atoms with E-state index in [1.165, 1.54) is 0 Å². The summed E-state index contributed by atoms with van der Waals surface area (Å²) < 4.78 is 17.0. The second-order valence-electron chi connectivity index (χ2n) is 2.52. The van der Waals surface area contributed by atoms with Crippen molar-refractivity contribution in [2.75, 3.05) is 6.61 Å². The molecule has 64 valence electrons. The monoisotopic (exact) mass is 162 g/mol. The summed E-state index contributed by atoms with van der Waals surface area (Å²) in [6, 6.07) is 0. The number of ether oxygens (including phenoxy) is 1. The number of halogens is 1. The number of hydrogen-bond donors (Lipinski definition) is 0. The second-order valence-corrected chi connectivity index (χ2v) is 2.52. The van der Waals surface area contributed by atoms with E-state index in [1.54, 1.807) is 6.92 Å². The number of rotatable bonds is 3. The third-order valence-electron chi connectivity index (χ3n) is 1.00. The fraction of sp³-hybridized carbons (Fsp3) is 0.714. The van der Waals surface area contributed by atoms with E-state index in [2.05, 4.69) is 4.74 Å². The summed E-state index contributed by atoms with van der Waals surface area (Å²) in [6.45, 7) is 3.68. The highest BCUT2D eigenvalue weighted by molar-refractivity contribution is 6.36. The highest BCUT2D eigenvalue weighted by atomic mass is 19.1. The maximum atomic E-state index is 12.7. The maximum absolute atomic E-state index is 12.7. The third kappa shape index (κ3) is 3.11. The first kappa shape index (κ1) is 10.1. The number of carbonyl (C=O) groups excluding carboxylic acids is 2. The van der Waals surface area contributed by atoms with Crippen LogP contribution in [-0.4, -0.2) is 24.0 Å². The first-order valence-corrected chi connectivity index (χ1v) is 3.30. The van der Waals surface area contributed by atoms with Gasteiger partial charge in [-0.25, -0.2) is 9.18 Å². The molecule has 0 radical (unpaired) electrons. The van der Waals surface area contributed by atoms with E-state index in [0.717, 1.165) is 13.8 Å². The Hall–Kier alpha value is -0.930. The molecule has 0 aromatic rings. The molecule has 0 amide bonds. The minimum Gasteiger partial charge on any atom is -0.460 e. The minimum absolute atomic E-state index is 0.0840. The number of hydrogen-bond acceptors (Lipinski definition) is 3. The van der Waals surface area contributed by atoms with E-state index < -0.39 is 17.4 Å². The first-order valence-electron chi connectivity index (χ1n) is 3.30. The van der Waals surface area contributed by atoms with Gasteiger partial charge in [0.25, 0.3) is 5.78 Å². The van der Waals surface area contributed by atoms with E-state index >= 15 is 0 Å². The molecule has 11 heavy (non-hydrogen) atoms. The van der Waals surface area contributed by atoms with Crippen LogP contribution in [0.25, 0.3) is 0 Å². The van der Waals surface area contributed by atoms with Crippen LogP contribution in [0.2, 0.25) is 0 Å². The molecule has 3 nitrogen and oxygen atoms in total. The predicted octanol–water partition coefficient (Wildman–Crippen LogP) is 0.867. The Labute approximate surface area is 64.5 Å². The Morgan fingerprint density at radius 3 is 2.18 bits per heavy atom. The molecule has 0 atom stereocenters. The van der Waals surface area contributed by atoms with Gasteiger partial charge in [0.05, 0.1) is 6.61 Å². The number of alkyl halides is 1. The van der Waals surface area contributed by atoms with Gasteiger partial charge in [-0.1, -0.05) is 0 Å². The standard InChI is InChI=1S/C7H11FO3/c1-4-11-6(10)5(9)7(2,3)8/h4H2,1-3H3. The van der Waals surface area contributed by atoms with Crippen LogP contribution in [0, 0.1) is 0 Å². The summed E-state index contributed by atoms with van der Waals surface area (Å²) in [5, 5.41) is 0. The van der Waals surface area contributed by atoms with Gasteiger partial charge >= 0.3 is 5.97 Å². The normalized spacial score (nSPS) is 10.9. The van der Waals surface area contributed by atoms with Crippen molar-refractivity contribution >= 4 is 11.8 Å². The lowest BCUT2D eigenvalue weighted by Crippen LogP contribution is -2.34. The van der Waals surface area contributed by atoms with Gasteiger partial charge in [-0.2, -0.15) is 0 Å². The van der Waals surface area contributed by atoms with Crippen molar-refractivity contribution in [3.63, 3.8) is 0 Å². The van der Waals surface area contributed by atoms with Crippen molar-refractivity contribution in [2.24, 2.45) is 0 Å². The summed E-state index contributed by atoms with van der Waals surface area (Å²) in [6.07, 6.45) is 0. The third-order valence-corrected chi connectivity index (χ3v) is 1.00. The van der Waals surface area contributed by atoms with Crippen LogP contribution >= 0.6 is 0 Å². The summed E-state index contributed by atoms with van der Waals surface area (Å²) in [5.41, 5.74) is -2.13. The Bertz CT molecular complexity index is 169. The van der Waals surface area contributed by atoms with Gasteiger partial charge in [0.2, 0.25) is 0 Å². The number of esters is 1. The first-order chi connectivity index (χ1) is 4.89. The van der Waals surface area contributed by atoms with Gasteiger partial charge in [0, 0.05) is 0 Å². The molecule has 0 unspecified atom stereocenters. The number of ketones is 1. The van der Waals surface area contributed by atoms with Crippen molar-refractivity contribution in [1.82, 2.24) is 0 Å². The van der Waals surface area contributed by atoms with Crippen LogP contribution in [-0.2, 0) is 14.3 Å². The average molecular weight is 162 g/mol. The molecular weight excluding hydrogens is 151 g/mol. The molecule has 0 aromatic carbocycles. The van der Waals surface area contributed by atoms with E-state index in [0.29, 0.717) is 0 Å². The fourth-order valence-corrected chi connectivity index (χ4v) is 0.439. The van der Waals surface area contributed by atoms with Gasteiger partial charge in [-0.05, 0) is 20.8 Å². The van der Waals surface area contributed by atoms with Crippen LogP contribution in [0.4, 0.5) is 4.39 Å². The Morgan fingerprint density at radius 2 is 1.91 bits per heavy atom. The molecule has 0 aliphatic rings. The quantitative estimate of drug-likeness (QED) is 0.456. The Kier molecular flexibility index (Phi) is 3.17. The van der Waals surface area contributed by atoms with Crippen LogP contribution in [0.5, 0.6) is 0 Å². The van der Waals surface area contributed by atoms with E-state index in [9.17, 15) is 14.0 Å². The fourth-order valence-electron chi connectivity index (χ4n) is 0.439. The van der Waals surface area contributed by atoms with Gasteiger partial charge in [-0.3, -0.25) is 4.79 Å². The largest absolute Gasteiger partial charge is 0.460 e. The van der Waals surface area contributed by atoms with Crippen molar-refractivity contribution in [2.45, 2.75) is 26.4 Å². The summed E-state index contributed by atoms with van der Waals surface area (Å²) in [5.74, 6) is -2.25. The Balaban J connectivity index is 4.15. The van der Waals surface area contributed by atoms with Crippen LogP contribution in [0.15, 0.2) is 0 Å².